The van der Waals surface area contributed by atoms with E-state index >= 15 is 0 Å². The second kappa shape index (κ2) is 3.22. The summed E-state index contributed by atoms with van der Waals surface area (Å²) >= 11 is 0. The molecule has 0 amide bonds. The van der Waals surface area contributed by atoms with E-state index in [4.69, 9.17) is 12.2 Å². The Labute approximate surface area is 61.7 Å². The highest BCUT2D eigenvalue weighted by Gasteiger charge is 1.89. The molecule has 10 heavy (non-hydrogen) atoms. The van der Waals surface area contributed by atoms with Gasteiger partial charge in [0.05, 0.1) is 0 Å². The number of nitrogens with two attached hydrogens (primary N) is 1. The molecule has 1 aromatic rings. The Balaban J connectivity index is 2.81. The molecule has 1 rings (SSSR count). The van der Waals surface area contributed by atoms with Gasteiger partial charge in [0.15, 0.2) is 0 Å². The summed E-state index contributed by atoms with van der Waals surface area (Å²) in [4.78, 5) is 0. The quantitative estimate of drug-likeness (QED) is 0.637. The number of phenolic OH excluding ortho intramolecular Hbond substituents is 1. The van der Waals surface area contributed by atoms with Gasteiger partial charge in [0.25, 0.3) is 0 Å². The third kappa shape index (κ3) is 1.74. The molecule has 0 bridgehead atoms. The van der Waals surface area contributed by atoms with Gasteiger partial charge in [0.2, 0.25) is 0 Å². The molecule has 0 aliphatic rings. The van der Waals surface area contributed by atoms with Crippen LogP contribution in [0.4, 0.5) is 0 Å². The fraction of sp³-hybridized carbons (Fsp3) is 0.250. The fourth-order valence-corrected chi connectivity index (χ4v) is 0.746. The van der Waals surface area contributed by atoms with Crippen LogP contribution in [0.2, 0.25) is 0 Å². The Morgan fingerprint density at radius 3 is 2.50 bits per heavy atom. The van der Waals surface area contributed by atoms with E-state index in [1.165, 1.54) is 0 Å². The Morgan fingerprint density at radius 2 is 2.00 bits per heavy atom. The smallest absolute Gasteiger partial charge is 0.115 e. The molecule has 0 fully saturated rings. The van der Waals surface area contributed by atoms with E-state index in [1.807, 2.05) is 0 Å². The van der Waals surface area contributed by atoms with Gasteiger partial charge < -0.3 is 10.8 Å². The van der Waals surface area contributed by atoms with Gasteiger partial charge in [-0.05, 0) is 30.6 Å². The molecule has 1 atom stereocenters. The topological polar surface area (TPSA) is 46.2 Å². The molecular weight excluding hydrogens is 126 g/mol. The Morgan fingerprint density at radius 1 is 1.40 bits per heavy atom. The maximum Gasteiger partial charge on any atom is 0.115 e. The van der Waals surface area contributed by atoms with E-state index in [2.05, 4.69) is 0 Å². The Kier molecular flexibility index (Phi) is 1.85. The van der Waals surface area contributed by atoms with Crippen molar-refractivity contribution in [3.05, 3.63) is 29.8 Å². The molecule has 1 unspecified atom stereocenters. The van der Waals surface area contributed by atoms with Gasteiger partial charge in [0.1, 0.15) is 5.75 Å². The number of aromatic hydroxyl groups is 1. The van der Waals surface area contributed by atoms with Crippen molar-refractivity contribution in [2.45, 2.75) is 6.40 Å². The summed E-state index contributed by atoms with van der Waals surface area (Å²) in [7, 11) is 0. The van der Waals surface area contributed by atoms with E-state index in [-0.39, 0.29) is 12.1 Å². The summed E-state index contributed by atoms with van der Waals surface area (Å²) < 4.78 is 7.43. The lowest BCUT2D eigenvalue weighted by atomic mass is 10.1. The van der Waals surface area contributed by atoms with Crippen molar-refractivity contribution in [1.82, 2.24) is 0 Å². The van der Waals surface area contributed by atoms with Gasteiger partial charge in [-0.2, -0.15) is 0 Å². The molecule has 2 heteroatoms. The van der Waals surface area contributed by atoms with E-state index in [0.717, 1.165) is 5.56 Å². The van der Waals surface area contributed by atoms with Crippen molar-refractivity contribution in [3.63, 3.8) is 0 Å². The van der Waals surface area contributed by atoms with Crippen molar-refractivity contribution in [3.8, 4) is 5.75 Å². The third-order valence-electron chi connectivity index (χ3n) is 1.25. The van der Waals surface area contributed by atoms with Crippen LogP contribution in [0.5, 0.6) is 5.75 Å². The monoisotopic (exact) mass is 138 g/mol. The zero-order chi connectivity index (χ0) is 8.27. The van der Waals surface area contributed by atoms with Crippen LogP contribution in [-0.4, -0.2) is 11.7 Å². The minimum atomic E-state index is -0.379. The van der Waals surface area contributed by atoms with E-state index in [9.17, 15) is 0 Å². The van der Waals surface area contributed by atoms with Gasteiger partial charge in [-0.15, -0.1) is 0 Å². The molecular formula is C8H11NO. The minimum absolute atomic E-state index is 0.220. The second-order valence-electron chi connectivity index (χ2n) is 2.03. The average molecular weight is 138 g/mol. The first-order chi connectivity index (χ1) is 5.24. The summed E-state index contributed by atoms with van der Waals surface area (Å²) in [6.07, 6.45) is -0.379. The van der Waals surface area contributed by atoms with E-state index in [0.29, 0.717) is 6.54 Å². The van der Waals surface area contributed by atoms with Crippen LogP contribution >= 0.6 is 0 Å². The molecule has 1 aromatic carbocycles. The van der Waals surface area contributed by atoms with Crippen molar-refractivity contribution < 1.29 is 6.48 Å². The molecule has 2 nitrogen and oxygen atoms in total. The van der Waals surface area contributed by atoms with Crippen molar-refractivity contribution in [2.75, 3.05) is 6.54 Å². The number of hydrogen-bond acceptors (Lipinski definition) is 2. The number of rotatable bonds is 2. The lowest BCUT2D eigenvalue weighted by Gasteiger charge is -1.96. The van der Waals surface area contributed by atoms with Crippen LogP contribution in [0.15, 0.2) is 24.3 Å². The first-order valence-corrected chi connectivity index (χ1v) is 3.15. The zero-order valence-electron chi connectivity index (χ0n) is 6.62. The molecule has 0 aromatic heterocycles. The van der Waals surface area contributed by atoms with Crippen LogP contribution in [0.3, 0.4) is 0 Å². The number of benzene rings is 1. The predicted molar refractivity (Wildman–Crippen MR) is 40.9 cm³/mol. The van der Waals surface area contributed by atoms with Crippen LogP contribution in [-0.2, 0) is 6.40 Å². The summed E-state index contributed by atoms with van der Waals surface area (Å²) in [5.41, 5.74) is 6.13. The summed E-state index contributed by atoms with van der Waals surface area (Å²) in [5.74, 6) is 0.220. The van der Waals surface area contributed by atoms with E-state index < -0.39 is 0 Å². The molecule has 0 spiro atoms. The molecule has 0 radical (unpaired) electrons. The normalized spacial score (nSPS) is 14.3. The van der Waals surface area contributed by atoms with Crippen molar-refractivity contribution in [2.24, 2.45) is 5.73 Å². The molecule has 0 heterocycles. The van der Waals surface area contributed by atoms with Gasteiger partial charge in [-0.3, -0.25) is 0 Å². The van der Waals surface area contributed by atoms with E-state index in [1.54, 1.807) is 24.3 Å². The van der Waals surface area contributed by atoms with Gasteiger partial charge in [-0.25, -0.2) is 0 Å². The summed E-state index contributed by atoms with van der Waals surface area (Å²) in [6, 6.07) is 6.54. The first kappa shape index (κ1) is 5.74. The predicted octanol–water partition coefficient (Wildman–Crippen LogP) is 0.893. The second-order valence-corrected chi connectivity index (χ2v) is 2.03. The van der Waals surface area contributed by atoms with Crippen LogP contribution in [0, 0.1) is 0 Å². The highest BCUT2D eigenvalue weighted by Crippen LogP contribution is 2.09. The largest absolute Gasteiger partial charge is 0.508 e. The molecule has 0 saturated heterocycles. The average Bonchev–Trinajstić information content (AvgIpc) is 2.05. The summed E-state index contributed by atoms with van der Waals surface area (Å²) in [5, 5.41) is 8.92. The maximum atomic E-state index is 8.92. The lowest BCUT2D eigenvalue weighted by Crippen LogP contribution is -2.01. The highest BCUT2D eigenvalue weighted by molar-refractivity contribution is 5.25. The number of phenols is 1. The number of hydrogen-bond donors (Lipinski definition) is 2. The minimum Gasteiger partial charge on any atom is -0.508 e. The zero-order valence-corrected chi connectivity index (χ0v) is 5.62. The van der Waals surface area contributed by atoms with Crippen LogP contribution < -0.4 is 5.73 Å². The Hall–Kier alpha value is -1.02. The Bertz CT molecular complexity index is 222. The maximum absolute atomic E-state index is 8.92. The third-order valence-corrected chi connectivity index (χ3v) is 1.25. The standard InChI is InChI=1S/C8H11NO/c9-6-5-7-1-3-8(10)4-2-7/h1-4,10H,5-6,9H2/i5D. The highest BCUT2D eigenvalue weighted by atomic mass is 16.3. The molecule has 54 valence electrons. The van der Waals surface area contributed by atoms with Crippen molar-refractivity contribution >= 4 is 0 Å². The van der Waals surface area contributed by atoms with Crippen molar-refractivity contribution in [1.29, 1.82) is 0 Å². The molecule has 0 aliphatic carbocycles. The van der Waals surface area contributed by atoms with Gasteiger partial charge in [0, 0.05) is 1.37 Å². The van der Waals surface area contributed by atoms with Gasteiger partial charge in [-0.1, -0.05) is 12.1 Å². The molecule has 0 saturated carbocycles. The molecule has 3 N–H and O–H groups in total. The molecule has 0 aliphatic heterocycles. The SMILES string of the molecule is [2H]C(CN)c1ccc(O)cc1. The fourth-order valence-electron chi connectivity index (χ4n) is 0.746. The van der Waals surface area contributed by atoms with Gasteiger partial charge >= 0.3 is 0 Å². The van der Waals surface area contributed by atoms with Crippen LogP contribution in [0.1, 0.15) is 6.93 Å². The summed E-state index contributed by atoms with van der Waals surface area (Å²) in [6.45, 7) is 0.310. The van der Waals surface area contributed by atoms with Crippen LogP contribution in [0.25, 0.3) is 0 Å². The first-order valence-electron chi connectivity index (χ1n) is 3.73. The lowest BCUT2D eigenvalue weighted by molar-refractivity contribution is 0.475.